The highest BCUT2D eigenvalue weighted by Gasteiger charge is 1.90. The standard InChI is InChI=1S/C11H14OS/c1-9(12)3-4-10-5-7-11(13-2)8-6-10/h3-9,12H,1-2H3/b4-3+. The highest BCUT2D eigenvalue weighted by atomic mass is 32.2. The third-order valence-corrected chi connectivity index (χ3v) is 2.43. The largest absolute Gasteiger partial charge is 0.389 e. The summed E-state index contributed by atoms with van der Waals surface area (Å²) >= 11 is 1.73. The summed E-state index contributed by atoms with van der Waals surface area (Å²) in [6, 6.07) is 8.24. The summed E-state index contributed by atoms with van der Waals surface area (Å²) in [7, 11) is 0. The van der Waals surface area contributed by atoms with Crippen LogP contribution < -0.4 is 0 Å². The van der Waals surface area contributed by atoms with E-state index in [1.54, 1.807) is 24.8 Å². The van der Waals surface area contributed by atoms with Crippen LogP contribution in [0, 0.1) is 0 Å². The van der Waals surface area contributed by atoms with Crippen LogP contribution in [0.3, 0.4) is 0 Å². The van der Waals surface area contributed by atoms with Crippen LogP contribution in [-0.4, -0.2) is 17.5 Å². The first kappa shape index (κ1) is 10.4. The van der Waals surface area contributed by atoms with Crippen molar-refractivity contribution in [3.05, 3.63) is 35.9 Å². The molecule has 1 N–H and O–H groups in total. The molecule has 1 nitrogen and oxygen atoms in total. The Bertz CT molecular complexity index is 275. The van der Waals surface area contributed by atoms with E-state index in [0.29, 0.717) is 0 Å². The topological polar surface area (TPSA) is 20.2 Å². The maximum atomic E-state index is 9.02. The van der Waals surface area contributed by atoms with Gasteiger partial charge in [-0.05, 0) is 30.9 Å². The summed E-state index contributed by atoms with van der Waals surface area (Å²) in [5.41, 5.74) is 1.12. The molecule has 1 aromatic carbocycles. The van der Waals surface area contributed by atoms with Gasteiger partial charge in [0.1, 0.15) is 0 Å². The van der Waals surface area contributed by atoms with Crippen molar-refractivity contribution < 1.29 is 5.11 Å². The van der Waals surface area contributed by atoms with Crippen LogP contribution in [0.1, 0.15) is 12.5 Å². The average Bonchev–Trinajstić information content (AvgIpc) is 2.15. The Morgan fingerprint density at radius 3 is 2.38 bits per heavy atom. The summed E-state index contributed by atoms with van der Waals surface area (Å²) in [6.07, 6.45) is 5.38. The predicted octanol–water partition coefficient (Wildman–Crippen LogP) is 2.80. The van der Waals surface area contributed by atoms with E-state index >= 15 is 0 Å². The van der Waals surface area contributed by atoms with Gasteiger partial charge in [-0.2, -0.15) is 0 Å². The van der Waals surface area contributed by atoms with Crippen molar-refractivity contribution in [3.63, 3.8) is 0 Å². The number of thioether (sulfide) groups is 1. The molecule has 1 atom stereocenters. The van der Waals surface area contributed by atoms with Gasteiger partial charge in [-0.3, -0.25) is 0 Å². The van der Waals surface area contributed by atoms with Crippen molar-refractivity contribution in [1.82, 2.24) is 0 Å². The molecule has 1 rings (SSSR count). The summed E-state index contributed by atoms with van der Waals surface area (Å²) in [5.74, 6) is 0. The molecule has 0 spiro atoms. The lowest BCUT2D eigenvalue weighted by Gasteiger charge is -1.97. The second-order valence-corrected chi connectivity index (χ2v) is 3.75. The predicted molar refractivity (Wildman–Crippen MR) is 58.9 cm³/mol. The van der Waals surface area contributed by atoms with Gasteiger partial charge in [0.05, 0.1) is 6.10 Å². The van der Waals surface area contributed by atoms with Gasteiger partial charge in [0, 0.05) is 4.90 Å². The van der Waals surface area contributed by atoms with Gasteiger partial charge in [-0.15, -0.1) is 11.8 Å². The molecule has 0 bridgehead atoms. The van der Waals surface area contributed by atoms with Crippen LogP contribution in [0.15, 0.2) is 35.2 Å². The highest BCUT2D eigenvalue weighted by Crippen LogP contribution is 2.15. The van der Waals surface area contributed by atoms with Crippen molar-refractivity contribution in [3.8, 4) is 0 Å². The van der Waals surface area contributed by atoms with Crippen LogP contribution in [0.25, 0.3) is 6.08 Å². The number of hydrogen-bond donors (Lipinski definition) is 1. The van der Waals surface area contributed by atoms with Crippen LogP contribution >= 0.6 is 11.8 Å². The molecule has 0 fully saturated rings. The van der Waals surface area contributed by atoms with E-state index in [2.05, 4.69) is 18.4 Å². The minimum Gasteiger partial charge on any atom is -0.389 e. The molecule has 1 unspecified atom stereocenters. The second-order valence-electron chi connectivity index (χ2n) is 2.87. The Labute approximate surface area is 83.5 Å². The van der Waals surface area contributed by atoms with E-state index in [0.717, 1.165) is 5.56 Å². The lowest BCUT2D eigenvalue weighted by atomic mass is 10.2. The maximum absolute atomic E-state index is 9.02. The van der Waals surface area contributed by atoms with Gasteiger partial charge < -0.3 is 5.11 Å². The van der Waals surface area contributed by atoms with Crippen LogP contribution in [0.4, 0.5) is 0 Å². The first-order chi connectivity index (χ1) is 6.22. The molecular formula is C11H14OS. The molecule has 13 heavy (non-hydrogen) atoms. The van der Waals surface area contributed by atoms with Crippen molar-refractivity contribution in [1.29, 1.82) is 0 Å². The summed E-state index contributed by atoms with van der Waals surface area (Å²) < 4.78 is 0. The summed E-state index contributed by atoms with van der Waals surface area (Å²) in [6.45, 7) is 1.74. The Morgan fingerprint density at radius 1 is 1.31 bits per heavy atom. The molecule has 0 saturated carbocycles. The van der Waals surface area contributed by atoms with Gasteiger partial charge in [0.25, 0.3) is 0 Å². The van der Waals surface area contributed by atoms with E-state index in [-0.39, 0.29) is 6.10 Å². The van der Waals surface area contributed by atoms with Gasteiger partial charge in [0.2, 0.25) is 0 Å². The van der Waals surface area contributed by atoms with E-state index < -0.39 is 0 Å². The van der Waals surface area contributed by atoms with Crippen molar-refractivity contribution in [2.24, 2.45) is 0 Å². The zero-order valence-corrected chi connectivity index (χ0v) is 8.71. The Hall–Kier alpha value is -0.730. The van der Waals surface area contributed by atoms with Crippen molar-refractivity contribution in [2.45, 2.75) is 17.9 Å². The molecule has 1 aromatic rings. The third-order valence-electron chi connectivity index (χ3n) is 1.68. The number of benzene rings is 1. The first-order valence-electron chi connectivity index (χ1n) is 4.22. The van der Waals surface area contributed by atoms with Crippen LogP contribution in [0.5, 0.6) is 0 Å². The van der Waals surface area contributed by atoms with E-state index in [9.17, 15) is 0 Å². The minimum absolute atomic E-state index is 0.375. The SMILES string of the molecule is CSc1ccc(/C=C/C(C)O)cc1. The lowest BCUT2D eigenvalue weighted by molar-refractivity contribution is 0.245. The van der Waals surface area contributed by atoms with E-state index in [1.807, 2.05) is 18.2 Å². The third kappa shape index (κ3) is 3.66. The smallest absolute Gasteiger partial charge is 0.0696 e. The Morgan fingerprint density at radius 2 is 1.92 bits per heavy atom. The van der Waals surface area contributed by atoms with E-state index in [1.165, 1.54) is 4.90 Å². The molecule has 70 valence electrons. The minimum atomic E-state index is -0.375. The number of aliphatic hydroxyl groups excluding tert-OH is 1. The molecule has 0 aromatic heterocycles. The number of hydrogen-bond acceptors (Lipinski definition) is 2. The molecule has 0 radical (unpaired) electrons. The first-order valence-corrected chi connectivity index (χ1v) is 5.45. The molecule has 0 saturated heterocycles. The normalized spacial score (nSPS) is 13.5. The van der Waals surface area contributed by atoms with Crippen LogP contribution in [0.2, 0.25) is 0 Å². The van der Waals surface area contributed by atoms with E-state index in [4.69, 9.17) is 5.11 Å². The summed E-state index contributed by atoms with van der Waals surface area (Å²) in [4.78, 5) is 1.26. The molecular weight excluding hydrogens is 180 g/mol. The lowest BCUT2D eigenvalue weighted by Crippen LogP contribution is -1.91. The number of rotatable bonds is 3. The molecule has 0 aliphatic heterocycles. The maximum Gasteiger partial charge on any atom is 0.0696 e. The molecule has 2 heteroatoms. The quantitative estimate of drug-likeness (QED) is 0.747. The molecule has 0 amide bonds. The molecule has 0 aliphatic carbocycles. The van der Waals surface area contributed by atoms with Gasteiger partial charge in [-0.1, -0.05) is 24.3 Å². The molecule has 0 heterocycles. The highest BCUT2D eigenvalue weighted by molar-refractivity contribution is 7.98. The Kier molecular flexibility index (Phi) is 4.06. The molecule has 0 aliphatic rings. The average molecular weight is 194 g/mol. The zero-order valence-electron chi connectivity index (χ0n) is 7.90. The fourth-order valence-corrected chi connectivity index (χ4v) is 1.37. The summed E-state index contributed by atoms with van der Waals surface area (Å²) in [5, 5.41) is 9.02. The van der Waals surface area contributed by atoms with Gasteiger partial charge in [-0.25, -0.2) is 0 Å². The van der Waals surface area contributed by atoms with Crippen LogP contribution in [-0.2, 0) is 0 Å². The number of aliphatic hydroxyl groups is 1. The van der Waals surface area contributed by atoms with Gasteiger partial charge >= 0.3 is 0 Å². The monoisotopic (exact) mass is 194 g/mol. The van der Waals surface area contributed by atoms with Crippen molar-refractivity contribution in [2.75, 3.05) is 6.26 Å². The van der Waals surface area contributed by atoms with Gasteiger partial charge in [0.15, 0.2) is 0 Å². The second kappa shape index (κ2) is 5.10. The fourth-order valence-electron chi connectivity index (χ4n) is 0.965. The fraction of sp³-hybridized carbons (Fsp3) is 0.273. The van der Waals surface area contributed by atoms with Crippen molar-refractivity contribution >= 4 is 17.8 Å². The Balaban J connectivity index is 2.69. The zero-order chi connectivity index (χ0) is 9.68.